The zero-order chi connectivity index (χ0) is 11.4. The summed E-state index contributed by atoms with van der Waals surface area (Å²) in [5, 5.41) is 0. The average molecular weight is 339 g/mol. The van der Waals surface area contributed by atoms with E-state index in [1.807, 2.05) is 54.7 Å². The first-order chi connectivity index (χ1) is 7.74. The molecular formula is C13H9Br2N. The van der Waals surface area contributed by atoms with E-state index < -0.39 is 0 Å². The van der Waals surface area contributed by atoms with E-state index in [9.17, 15) is 0 Å². The molecule has 0 heterocycles. The summed E-state index contributed by atoms with van der Waals surface area (Å²) in [5.41, 5.74) is 2.02. The Morgan fingerprint density at radius 2 is 1.50 bits per heavy atom. The Morgan fingerprint density at radius 1 is 0.875 bits per heavy atom. The Balaban J connectivity index is 2.24. The van der Waals surface area contributed by atoms with Gasteiger partial charge in [-0.15, -0.1) is 0 Å². The lowest BCUT2D eigenvalue weighted by molar-refractivity contribution is 1.51. The summed E-state index contributed by atoms with van der Waals surface area (Å²) in [7, 11) is 0. The number of hydrogen-bond acceptors (Lipinski definition) is 1. The van der Waals surface area contributed by atoms with Gasteiger partial charge in [0.05, 0.1) is 5.69 Å². The topological polar surface area (TPSA) is 12.4 Å². The Hall–Kier alpha value is -0.930. The van der Waals surface area contributed by atoms with Crippen molar-refractivity contribution in [2.75, 3.05) is 0 Å². The van der Waals surface area contributed by atoms with Crippen LogP contribution < -0.4 is 0 Å². The zero-order valence-electron chi connectivity index (χ0n) is 8.40. The molecule has 0 saturated carbocycles. The number of benzene rings is 2. The van der Waals surface area contributed by atoms with Crippen LogP contribution in [-0.2, 0) is 0 Å². The average Bonchev–Trinajstić information content (AvgIpc) is 2.27. The van der Waals surface area contributed by atoms with Crippen LogP contribution in [0.1, 0.15) is 5.56 Å². The lowest BCUT2D eigenvalue weighted by Crippen LogP contribution is -1.81. The highest BCUT2D eigenvalue weighted by molar-refractivity contribution is 9.11. The van der Waals surface area contributed by atoms with E-state index in [4.69, 9.17) is 0 Å². The van der Waals surface area contributed by atoms with Gasteiger partial charge in [-0.05, 0) is 35.9 Å². The second-order valence-corrected chi connectivity index (χ2v) is 5.13. The third-order valence-electron chi connectivity index (χ3n) is 2.00. The molecule has 3 heteroatoms. The van der Waals surface area contributed by atoms with Crippen molar-refractivity contribution in [3.63, 3.8) is 0 Å². The van der Waals surface area contributed by atoms with Crippen molar-refractivity contribution < 1.29 is 0 Å². The van der Waals surface area contributed by atoms with Crippen molar-refractivity contribution in [1.82, 2.24) is 0 Å². The van der Waals surface area contributed by atoms with Crippen LogP contribution in [0.25, 0.3) is 0 Å². The van der Waals surface area contributed by atoms with Crippen LogP contribution in [0.3, 0.4) is 0 Å². The fourth-order valence-corrected chi connectivity index (χ4v) is 2.64. The van der Waals surface area contributed by atoms with Crippen LogP contribution in [0.4, 0.5) is 5.69 Å². The minimum Gasteiger partial charge on any atom is -0.256 e. The fraction of sp³-hybridized carbons (Fsp3) is 0. The fourth-order valence-electron chi connectivity index (χ4n) is 1.31. The number of nitrogens with zero attached hydrogens (tertiary/aromatic N) is 1. The van der Waals surface area contributed by atoms with Gasteiger partial charge in [0.25, 0.3) is 0 Å². The van der Waals surface area contributed by atoms with Gasteiger partial charge in [0.2, 0.25) is 0 Å². The van der Waals surface area contributed by atoms with Crippen LogP contribution in [-0.4, -0.2) is 6.21 Å². The molecule has 0 aliphatic carbocycles. The maximum Gasteiger partial charge on any atom is 0.0629 e. The largest absolute Gasteiger partial charge is 0.256 e. The van der Waals surface area contributed by atoms with Gasteiger partial charge in [0.1, 0.15) is 0 Å². The predicted octanol–water partition coefficient (Wildman–Crippen LogP) is 4.96. The molecule has 0 unspecified atom stereocenters. The summed E-state index contributed by atoms with van der Waals surface area (Å²) >= 11 is 6.90. The van der Waals surface area contributed by atoms with Gasteiger partial charge >= 0.3 is 0 Å². The van der Waals surface area contributed by atoms with Crippen LogP contribution >= 0.6 is 31.9 Å². The quantitative estimate of drug-likeness (QED) is 0.686. The molecule has 2 rings (SSSR count). The van der Waals surface area contributed by atoms with Gasteiger partial charge in [-0.25, -0.2) is 0 Å². The Kier molecular flexibility index (Phi) is 3.91. The molecule has 0 aliphatic heterocycles. The first-order valence-electron chi connectivity index (χ1n) is 4.79. The molecule has 0 atom stereocenters. The van der Waals surface area contributed by atoms with Crippen molar-refractivity contribution in [2.45, 2.75) is 0 Å². The summed E-state index contributed by atoms with van der Waals surface area (Å²) < 4.78 is 2.08. The molecule has 0 amide bonds. The molecule has 0 fully saturated rings. The summed E-state index contributed by atoms with van der Waals surface area (Å²) in [6.07, 6.45) is 1.85. The highest BCUT2D eigenvalue weighted by Gasteiger charge is 1.94. The third kappa shape index (κ3) is 3.29. The maximum absolute atomic E-state index is 4.39. The molecule has 0 saturated heterocycles. The molecule has 0 N–H and O–H groups in total. The highest BCUT2D eigenvalue weighted by atomic mass is 79.9. The number of rotatable bonds is 2. The Labute approximate surface area is 111 Å². The Bertz CT molecular complexity index is 486. The van der Waals surface area contributed by atoms with Crippen molar-refractivity contribution >= 4 is 43.8 Å². The van der Waals surface area contributed by atoms with E-state index >= 15 is 0 Å². The third-order valence-corrected chi connectivity index (χ3v) is 2.92. The Morgan fingerprint density at radius 3 is 2.12 bits per heavy atom. The molecule has 2 aromatic carbocycles. The second kappa shape index (κ2) is 5.41. The molecule has 0 radical (unpaired) electrons. The minimum atomic E-state index is 0.957. The van der Waals surface area contributed by atoms with Crippen LogP contribution in [0.2, 0.25) is 0 Å². The standard InChI is InChI=1S/C13H9Br2N/c14-11-6-10(7-12(15)8-11)9-16-13-4-2-1-3-5-13/h1-9H. The van der Waals surface area contributed by atoms with Gasteiger partial charge in [-0.1, -0.05) is 50.1 Å². The van der Waals surface area contributed by atoms with Crippen molar-refractivity contribution in [2.24, 2.45) is 4.99 Å². The first-order valence-corrected chi connectivity index (χ1v) is 6.38. The molecular weight excluding hydrogens is 330 g/mol. The molecule has 0 spiro atoms. The van der Waals surface area contributed by atoms with Gasteiger partial charge in [-0.3, -0.25) is 4.99 Å². The van der Waals surface area contributed by atoms with Gasteiger partial charge in [0.15, 0.2) is 0 Å². The van der Waals surface area contributed by atoms with E-state index in [0.29, 0.717) is 0 Å². The lowest BCUT2D eigenvalue weighted by Gasteiger charge is -1.97. The van der Waals surface area contributed by atoms with Crippen LogP contribution in [0, 0.1) is 0 Å². The number of hydrogen-bond donors (Lipinski definition) is 0. The summed E-state index contributed by atoms with van der Waals surface area (Å²) in [4.78, 5) is 4.39. The van der Waals surface area contributed by atoms with E-state index in [1.165, 1.54) is 0 Å². The smallest absolute Gasteiger partial charge is 0.0629 e. The van der Waals surface area contributed by atoms with Crippen LogP contribution in [0.5, 0.6) is 0 Å². The summed E-state index contributed by atoms with van der Waals surface area (Å²) in [6, 6.07) is 15.9. The van der Waals surface area contributed by atoms with Gasteiger partial charge in [0, 0.05) is 15.2 Å². The molecule has 1 nitrogen and oxygen atoms in total. The minimum absolute atomic E-state index is 0.957. The van der Waals surface area contributed by atoms with Crippen molar-refractivity contribution in [1.29, 1.82) is 0 Å². The van der Waals surface area contributed by atoms with E-state index in [1.54, 1.807) is 0 Å². The van der Waals surface area contributed by atoms with Crippen LogP contribution in [0.15, 0.2) is 62.5 Å². The second-order valence-electron chi connectivity index (χ2n) is 3.30. The first kappa shape index (κ1) is 11.6. The molecule has 0 aliphatic rings. The van der Waals surface area contributed by atoms with Crippen molar-refractivity contribution in [3.05, 3.63) is 63.0 Å². The summed E-state index contributed by atoms with van der Waals surface area (Å²) in [5.74, 6) is 0. The van der Waals surface area contributed by atoms with Gasteiger partial charge in [-0.2, -0.15) is 0 Å². The molecule has 16 heavy (non-hydrogen) atoms. The molecule has 0 bridgehead atoms. The number of halogens is 2. The van der Waals surface area contributed by atoms with E-state index in [2.05, 4.69) is 36.9 Å². The maximum atomic E-state index is 4.39. The summed E-state index contributed by atoms with van der Waals surface area (Å²) in [6.45, 7) is 0. The molecule has 2 aromatic rings. The van der Waals surface area contributed by atoms with E-state index in [0.717, 1.165) is 20.2 Å². The van der Waals surface area contributed by atoms with Gasteiger partial charge < -0.3 is 0 Å². The zero-order valence-corrected chi connectivity index (χ0v) is 11.6. The molecule has 0 aromatic heterocycles. The predicted molar refractivity (Wildman–Crippen MR) is 75.5 cm³/mol. The number of aliphatic imine (C=N–C) groups is 1. The normalized spacial score (nSPS) is 10.9. The highest BCUT2D eigenvalue weighted by Crippen LogP contribution is 2.19. The monoisotopic (exact) mass is 337 g/mol. The van der Waals surface area contributed by atoms with Crippen molar-refractivity contribution in [3.8, 4) is 0 Å². The SMILES string of the molecule is Brc1cc(Br)cc(C=Nc2ccccc2)c1. The molecule has 80 valence electrons. The van der Waals surface area contributed by atoms with E-state index in [-0.39, 0.29) is 0 Å². The lowest BCUT2D eigenvalue weighted by atomic mass is 10.2. The number of para-hydroxylation sites is 1.